The topological polar surface area (TPSA) is 46.6 Å². The molecule has 0 spiro atoms. The third-order valence-corrected chi connectivity index (χ3v) is 8.12. The molecule has 1 fully saturated rings. The smallest absolute Gasteiger partial charge is 0.243 e. The van der Waals surface area contributed by atoms with E-state index in [4.69, 9.17) is 4.74 Å². The molecule has 0 N–H and O–H groups in total. The van der Waals surface area contributed by atoms with E-state index in [1.807, 2.05) is 31.7 Å². The van der Waals surface area contributed by atoms with E-state index in [0.29, 0.717) is 29.8 Å². The first-order chi connectivity index (χ1) is 12.9. The zero-order chi connectivity index (χ0) is 19.4. The van der Waals surface area contributed by atoms with Crippen molar-refractivity contribution in [1.82, 2.24) is 4.31 Å². The number of nitrogens with zero attached hydrogens (tertiary/aromatic N) is 1. The maximum atomic E-state index is 13.1. The van der Waals surface area contributed by atoms with Crippen LogP contribution in [0, 0.1) is 13.8 Å². The average molecular weight is 406 g/mol. The number of aryl methyl sites for hydroxylation is 2. The van der Waals surface area contributed by atoms with E-state index in [0.717, 1.165) is 23.5 Å². The van der Waals surface area contributed by atoms with Gasteiger partial charge in [-0.3, -0.25) is 0 Å². The Labute approximate surface area is 167 Å². The monoisotopic (exact) mass is 405 g/mol. The normalized spacial score (nSPS) is 18.9. The Kier molecular flexibility index (Phi) is 6.50. The summed E-state index contributed by atoms with van der Waals surface area (Å²) in [6.45, 7) is 7.58. The maximum Gasteiger partial charge on any atom is 0.243 e. The maximum absolute atomic E-state index is 13.1. The van der Waals surface area contributed by atoms with Gasteiger partial charge in [0.1, 0.15) is 5.75 Å². The lowest BCUT2D eigenvalue weighted by Gasteiger charge is -2.21. The van der Waals surface area contributed by atoms with Gasteiger partial charge < -0.3 is 4.74 Å². The summed E-state index contributed by atoms with van der Waals surface area (Å²) in [5.74, 6) is 1.54. The first-order valence-electron chi connectivity index (χ1n) is 9.34. The standard InChI is InChI=1S/C21H27NO3S2/c1-4-25-20-10-9-18(15-17(20)3)27(23,24)22-12-11-21(26-14-13-22)19-8-6-5-7-16(19)2/h5-10,15,21H,4,11-14H2,1-3H3. The Morgan fingerprint density at radius 1 is 1.11 bits per heavy atom. The van der Waals surface area contributed by atoms with Crippen molar-refractivity contribution in [2.45, 2.75) is 37.3 Å². The Morgan fingerprint density at radius 2 is 1.89 bits per heavy atom. The highest BCUT2D eigenvalue weighted by Gasteiger charge is 2.29. The minimum Gasteiger partial charge on any atom is -0.494 e. The summed E-state index contributed by atoms with van der Waals surface area (Å²) in [6.07, 6.45) is 0.824. The summed E-state index contributed by atoms with van der Waals surface area (Å²) >= 11 is 1.85. The van der Waals surface area contributed by atoms with Crippen LogP contribution in [0.2, 0.25) is 0 Å². The summed E-state index contributed by atoms with van der Waals surface area (Å²) < 4.78 is 33.5. The number of hydrogen-bond donors (Lipinski definition) is 0. The second-order valence-corrected chi connectivity index (χ2v) is 10.0. The van der Waals surface area contributed by atoms with Crippen LogP contribution in [0.4, 0.5) is 0 Å². The molecule has 6 heteroatoms. The Bertz CT molecular complexity index is 896. The molecule has 4 nitrogen and oxygen atoms in total. The summed E-state index contributed by atoms with van der Waals surface area (Å²) in [5.41, 5.74) is 3.44. The van der Waals surface area contributed by atoms with Gasteiger partial charge >= 0.3 is 0 Å². The Balaban J connectivity index is 1.78. The number of sulfonamides is 1. The molecule has 0 amide bonds. The minimum absolute atomic E-state index is 0.341. The molecule has 1 atom stereocenters. The van der Waals surface area contributed by atoms with Gasteiger partial charge in [0.05, 0.1) is 11.5 Å². The van der Waals surface area contributed by atoms with Gasteiger partial charge in [-0.15, -0.1) is 0 Å². The van der Waals surface area contributed by atoms with Crippen LogP contribution in [0.25, 0.3) is 0 Å². The van der Waals surface area contributed by atoms with Crippen molar-refractivity contribution >= 4 is 21.8 Å². The zero-order valence-electron chi connectivity index (χ0n) is 16.1. The fourth-order valence-corrected chi connectivity index (χ4v) is 6.42. The number of benzene rings is 2. The molecule has 0 radical (unpaired) electrons. The summed E-state index contributed by atoms with van der Waals surface area (Å²) in [4.78, 5) is 0.350. The van der Waals surface area contributed by atoms with Crippen LogP contribution >= 0.6 is 11.8 Å². The first kappa shape index (κ1) is 20.2. The van der Waals surface area contributed by atoms with E-state index in [9.17, 15) is 8.42 Å². The predicted molar refractivity (Wildman–Crippen MR) is 112 cm³/mol. The lowest BCUT2D eigenvalue weighted by atomic mass is 10.0. The second-order valence-electron chi connectivity index (χ2n) is 6.77. The minimum atomic E-state index is -3.49. The first-order valence-corrected chi connectivity index (χ1v) is 11.8. The van der Waals surface area contributed by atoms with Gasteiger partial charge in [0.15, 0.2) is 0 Å². The highest BCUT2D eigenvalue weighted by atomic mass is 32.2. The van der Waals surface area contributed by atoms with Gasteiger partial charge in [0.2, 0.25) is 10.0 Å². The third kappa shape index (κ3) is 4.50. The molecular weight excluding hydrogens is 378 g/mol. The van der Waals surface area contributed by atoms with E-state index < -0.39 is 10.0 Å². The Hall–Kier alpha value is -1.50. The predicted octanol–water partition coefficient (Wildman–Crippen LogP) is 4.57. The molecule has 1 aliphatic rings. The second kappa shape index (κ2) is 8.67. The van der Waals surface area contributed by atoms with Gasteiger partial charge in [-0.2, -0.15) is 16.1 Å². The SMILES string of the molecule is CCOc1ccc(S(=O)(=O)N2CCSC(c3ccccc3C)CC2)cc1C. The number of thioether (sulfide) groups is 1. The number of ether oxygens (including phenoxy) is 1. The molecule has 27 heavy (non-hydrogen) atoms. The van der Waals surface area contributed by atoms with Gasteiger partial charge in [-0.25, -0.2) is 8.42 Å². The van der Waals surface area contributed by atoms with Crippen molar-refractivity contribution in [2.75, 3.05) is 25.4 Å². The van der Waals surface area contributed by atoms with E-state index >= 15 is 0 Å². The van der Waals surface area contributed by atoms with Gasteiger partial charge in [-0.05, 0) is 62.1 Å². The Morgan fingerprint density at radius 3 is 2.59 bits per heavy atom. The van der Waals surface area contributed by atoms with E-state index in [-0.39, 0.29) is 0 Å². The fraction of sp³-hybridized carbons (Fsp3) is 0.429. The van der Waals surface area contributed by atoms with Crippen LogP contribution in [0.5, 0.6) is 5.75 Å². The number of rotatable bonds is 5. The van der Waals surface area contributed by atoms with Gasteiger partial charge in [0, 0.05) is 24.1 Å². The van der Waals surface area contributed by atoms with Crippen molar-refractivity contribution in [3.8, 4) is 5.75 Å². The van der Waals surface area contributed by atoms with E-state index in [1.54, 1.807) is 22.5 Å². The van der Waals surface area contributed by atoms with Crippen molar-refractivity contribution in [3.63, 3.8) is 0 Å². The molecule has 1 aliphatic heterocycles. The summed E-state index contributed by atoms with van der Waals surface area (Å²) in [5, 5.41) is 0.341. The average Bonchev–Trinajstić information content (AvgIpc) is 2.90. The van der Waals surface area contributed by atoms with Crippen LogP contribution in [-0.4, -0.2) is 38.2 Å². The van der Waals surface area contributed by atoms with Gasteiger partial charge in [0.25, 0.3) is 0 Å². The molecule has 2 aromatic carbocycles. The highest BCUT2D eigenvalue weighted by molar-refractivity contribution is 7.99. The molecule has 1 heterocycles. The molecule has 3 rings (SSSR count). The summed E-state index contributed by atoms with van der Waals surface area (Å²) in [6, 6.07) is 13.5. The van der Waals surface area contributed by atoms with Crippen LogP contribution in [0.3, 0.4) is 0 Å². The largest absolute Gasteiger partial charge is 0.494 e. The molecule has 146 valence electrons. The molecule has 0 saturated carbocycles. The third-order valence-electron chi connectivity index (χ3n) is 4.92. The van der Waals surface area contributed by atoms with Crippen LogP contribution < -0.4 is 4.74 Å². The van der Waals surface area contributed by atoms with Crippen LogP contribution in [0.1, 0.15) is 35.3 Å². The molecule has 1 unspecified atom stereocenters. The van der Waals surface area contributed by atoms with Crippen molar-refractivity contribution in [1.29, 1.82) is 0 Å². The van der Waals surface area contributed by atoms with E-state index in [1.165, 1.54) is 11.1 Å². The fourth-order valence-electron chi connectivity index (χ4n) is 3.44. The molecule has 0 bridgehead atoms. The number of hydrogen-bond acceptors (Lipinski definition) is 4. The van der Waals surface area contributed by atoms with Crippen molar-refractivity contribution < 1.29 is 13.2 Å². The van der Waals surface area contributed by atoms with Crippen molar-refractivity contribution in [2.24, 2.45) is 0 Å². The zero-order valence-corrected chi connectivity index (χ0v) is 17.8. The van der Waals surface area contributed by atoms with E-state index in [2.05, 4.69) is 25.1 Å². The molecular formula is C21H27NO3S2. The van der Waals surface area contributed by atoms with Crippen LogP contribution in [0.15, 0.2) is 47.4 Å². The quantitative estimate of drug-likeness (QED) is 0.731. The molecule has 0 aliphatic carbocycles. The lowest BCUT2D eigenvalue weighted by Crippen LogP contribution is -2.33. The van der Waals surface area contributed by atoms with Gasteiger partial charge in [-0.1, -0.05) is 24.3 Å². The molecule has 1 saturated heterocycles. The summed E-state index contributed by atoms with van der Waals surface area (Å²) in [7, 11) is -3.49. The van der Waals surface area contributed by atoms with Crippen LogP contribution in [-0.2, 0) is 10.0 Å². The molecule has 0 aromatic heterocycles. The highest BCUT2D eigenvalue weighted by Crippen LogP contribution is 2.37. The van der Waals surface area contributed by atoms with Crippen molar-refractivity contribution in [3.05, 3.63) is 59.2 Å². The molecule has 2 aromatic rings. The lowest BCUT2D eigenvalue weighted by molar-refractivity contribution is 0.337.